The third-order valence-electron chi connectivity index (χ3n) is 5.19. The Morgan fingerprint density at radius 1 is 1.20 bits per heavy atom. The number of rotatable bonds is 4. The highest BCUT2D eigenvalue weighted by Crippen LogP contribution is 2.28. The summed E-state index contributed by atoms with van der Waals surface area (Å²) < 4.78 is 28.3. The third kappa shape index (κ3) is 3.44. The molecule has 7 nitrogen and oxygen atoms in total. The Morgan fingerprint density at radius 3 is 2.44 bits per heavy atom. The molecule has 136 valence electrons. The van der Waals surface area contributed by atoms with Crippen LogP contribution in [0.3, 0.4) is 0 Å². The Kier molecular flexibility index (Phi) is 4.89. The van der Waals surface area contributed by atoms with Crippen LogP contribution in [0.25, 0.3) is 0 Å². The van der Waals surface area contributed by atoms with E-state index in [1.807, 2.05) is 0 Å². The molecule has 25 heavy (non-hydrogen) atoms. The van der Waals surface area contributed by atoms with Crippen molar-refractivity contribution in [3.05, 3.63) is 18.0 Å². The number of hydrogen-bond acceptors (Lipinski definition) is 4. The zero-order chi connectivity index (χ0) is 18.1. The van der Waals surface area contributed by atoms with Gasteiger partial charge in [0.1, 0.15) is 16.1 Å². The van der Waals surface area contributed by atoms with E-state index >= 15 is 0 Å². The summed E-state index contributed by atoms with van der Waals surface area (Å²) in [4.78, 5) is 12.8. The van der Waals surface area contributed by atoms with Crippen molar-refractivity contribution in [2.24, 2.45) is 7.05 Å². The Morgan fingerprint density at radius 2 is 1.84 bits per heavy atom. The second kappa shape index (κ2) is 6.81. The van der Waals surface area contributed by atoms with Crippen LogP contribution in [0.15, 0.2) is 17.2 Å². The van der Waals surface area contributed by atoms with Crippen LogP contribution in [-0.2, 0) is 17.1 Å². The first-order valence-electron chi connectivity index (χ1n) is 8.78. The fourth-order valence-corrected chi connectivity index (χ4v) is 5.27. The molecule has 0 atom stereocenters. The Balaban J connectivity index is 1.82. The number of aromatic nitrogens is 1. The zero-order valence-corrected chi connectivity index (χ0v) is 15.3. The SMILES string of the molecule is Cn1cc(S(=O)(=O)N2CCCC2)cc1C(=O)NC1(C#N)CCCCC1. The molecule has 1 aliphatic heterocycles. The zero-order valence-electron chi connectivity index (χ0n) is 14.5. The van der Waals surface area contributed by atoms with E-state index in [4.69, 9.17) is 0 Å². The van der Waals surface area contributed by atoms with Crippen LogP contribution in [0, 0.1) is 11.3 Å². The van der Waals surface area contributed by atoms with E-state index < -0.39 is 21.5 Å². The highest BCUT2D eigenvalue weighted by Gasteiger charge is 2.35. The average Bonchev–Trinajstić information content (AvgIpc) is 3.26. The predicted octanol–water partition coefficient (Wildman–Crippen LogP) is 1.77. The van der Waals surface area contributed by atoms with Crippen LogP contribution >= 0.6 is 0 Å². The van der Waals surface area contributed by atoms with Gasteiger partial charge in [-0.25, -0.2) is 8.42 Å². The predicted molar refractivity (Wildman–Crippen MR) is 92.3 cm³/mol. The molecule has 0 radical (unpaired) electrons. The molecule has 2 aliphatic rings. The number of sulfonamides is 1. The summed E-state index contributed by atoms with van der Waals surface area (Å²) in [7, 11) is -1.91. The molecular formula is C17H24N4O3S. The molecule has 1 amide bonds. The number of carbonyl (C=O) groups excluding carboxylic acids is 1. The van der Waals surface area contributed by atoms with Gasteiger partial charge in [0, 0.05) is 26.3 Å². The molecule has 1 aromatic heterocycles. The molecule has 2 fully saturated rings. The first-order chi connectivity index (χ1) is 11.9. The molecule has 1 N–H and O–H groups in total. The maximum atomic E-state index is 12.7. The van der Waals surface area contributed by atoms with E-state index in [0.717, 1.165) is 32.1 Å². The molecule has 1 saturated carbocycles. The topological polar surface area (TPSA) is 95.2 Å². The Hall–Kier alpha value is -1.85. The number of aryl methyl sites for hydroxylation is 1. The van der Waals surface area contributed by atoms with Crippen LogP contribution in [0.1, 0.15) is 55.4 Å². The van der Waals surface area contributed by atoms with Crippen molar-refractivity contribution >= 4 is 15.9 Å². The minimum Gasteiger partial charge on any atom is -0.345 e. The van der Waals surface area contributed by atoms with Crippen molar-refractivity contribution in [2.45, 2.75) is 55.4 Å². The lowest BCUT2D eigenvalue weighted by molar-refractivity contribution is 0.0894. The fraction of sp³-hybridized carbons (Fsp3) is 0.647. The normalized spacial score (nSPS) is 21.0. The molecule has 0 unspecified atom stereocenters. The maximum Gasteiger partial charge on any atom is 0.269 e. The standard InChI is InChI=1S/C17H24N4O3S/c1-20-12-14(25(23,24)21-9-5-6-10-21)11-15(20)16(22)19-17(13-18)7-3-2-4-8-17/h11-12H,2-10H2,1H3,(H,19,22). The van der Waals surface area contributed by atoms with Gasteiger partial charge < -0.3 is 9.88 Å². The summed E-state index contributed by atoms with van der Waals surface area (Å²) in [6.07, 6.45) is 7.38. The summed E-state index contributed by atoms with van der Waals surface area (Å²) in [5.74, 6) is -0.395. The minimum absolute atomic E-state index is 0.136. The molecule has 1 aromatic rings. The first kappa shape index (κ1) is 18.0. The molecule has 8 heteroatoms. The molecular weight excluding hydrogens is 340 g/mol. The van der Waals surface area contributed by atoms with E-state index in [2.05, 4.69) is 11.4 Å². The third-order valence-corrected chi connectivity index (χ3v) is 7.05. The van der Waals surface area contributed by atoms with Crippen molar-refractivity contribution < 1.29 is 13.2 Å². The van der Waals surface area contributed by atoms with E-state index in [0.29, 0.717) is 25.9 Å². The molecule has 0 spiro atoms. The summed E-state index contributed by atoms with van der Waals surface area (Å²) in [6.45, 7) is 1.05. The Bertz CT molecular complexity index is 794. The van der Waals surface area contributed by atoms with Gasteiger partial charge in [0.15, 0.2) is 0 Å². The lowest BCUT2D eigenvalue weighted by atomic mass is 9.83. The highest BCUT2D eigenvalue weighted by atomic mass is 32.2. The second-order valence-corrected chi connectivity index (χ2v) is 8.93. The van der Waals surface area contributed by atoms with Crippen LogP contribution in [0.2, 0.25) is 0 Å². The van der Waals surface area contributed by atoms with E-state index in [1.54, 1.807) is 7.05 Å². The van der Waals surface area contributed by atoms with Crippen LogP contribution < -0.4 is 5.32 Å². The van der Waals surface area contributed by atoms with Crippen molar-refractivity contribution in [3.63, 3.8) is 0 Å². The number of amides is 1. The molecule has 2 heterocycles. The molecule has 3 rings (SSSR count). The summed E-state index contributed by atoms with van der Waals surface area (Å²) in [5, 5.41) is 12.4. The van der Waals surface area contributed by atoms with Crippen molar-refractivity contribution in [1.29, 1.82) is 5.26 Å². The number of nitrogens with zero attached hydrogens (tertiary/aromatic N) is 3. The fourth-order valence-electron chi connectivity index (χ4n) is 3.68. The van der Waals surface area contributed by atoms with Gasteiger partial charge in [0.05, 0.1) is 6.07 Å². The lowest BCUT2D eigenvalue weighted by Crippen LogP contribution is -2.49. The van der Waals surface area contributed by atoms with Crippen LogP contribution in [0.5, 0.6) is 0 Å². The van der Waals surface area contributed by atoms with Gasteiger partial charge in [-0.3, -0.25) is 4.79 Å². The second-order valence-electron chi connectivity index (χ2n) is 6.99. The highest BCUT2D eigenvalue weighted by molar-refractivity contribution is 7.89. The Labute approximate surface area is 148 Å². The van der Waals surface area contributed by atoms with Gasteiger partial charge in [0.25, 0.3) is 5.91 Å². The molecule has 1 aliphatic carbocycles. The number of nitrogens with one attached hydrogen (secondary N) is 1. The van der Waals surface area contributed by atoms with Crippen molar-refractivity contribution in [2.75, 3.05) is 13.1 Å². The molecule has 1 saturated heterocycles. The molecule has 0 bridgehead atoms. The minimum atomic E-state index is -3.56. The van der Waals surface area contributed by atoms with Crippen LogP contribution in [-0.4, -0.2) is 41.8 Å². The van der Waals surface area contributed by atoms with E-state index in [1.165, 1.54) is 21.1 Å². The van der Waals surface area contributed by atoms with Gasteiger partial charge in [-0.1, -0.05) is 19.3 Å². The monoisotopic (exact) mass is 364 g/mol. The maximum absolute atomic E-state index is 12.7. The average molecular weight is 364 g/mol. The van der Waals surface area contributed by atoms with E-state index in [9.17, 15) is 18.5 Å². The largest absolute Gasteiger partial charge is 0.345 e. The first-order valence-corrected chi connectivity index (χ1v) is 10.2. The van der Waals surface area contributed by atoms with Gasteiger partial charge >= 0.3 is 0 Å². The smallest absolute Gasteiger partial charge is 0.269 e. The van der Waals surface area contributed by atoms with Crippen molar-refractivity contribution in [3.8, 4) is 6.07 Å². The van der Waals surface area contributed by atoms with Gasteiger partial charge in [0.2, 0.25) is 10.0 Å². The van der Waals surface area contributed by atoms with Gasteiger partial charge in [-0.15, -0.1) is 0 Å². The lowest BCUT2D eigenvalue weighted by Gasteiger charge is -2.31. The quantitative estimate of drug-likeness (QED) is 0.881. The van der Waals surface area contributed by atoms with Crippen LogP contribution in [0.4, 0.5) is 0 Å². The van der Waals surface area contributed by atoms with E-state index in [-0.39, 0.29) is 10.6 Å². The number of carbonyl (C=O) groups is 1. The summed E-state index contributed by atoms with van der Waals surface area (Å²) in [6, 6.07) is 3.67. The van der Waals surface area contributed by atoms with Gasteiger partial charge in [-0.2, -0.15) is 9.57 Å². The molecule has 0 aromatic carbocycles. The number of nitriles is 1. The van der Waals surface area contributed by atoms with Crippen molar-refractivity contribution in [1.82, 2.24) is 14.2 Å². The summed E-state index contributed by atoms with van der Waals surface area (Å²) in [5.41, 5.74) is -0.578. The summed E-state index contributed by atoms with van der Waals surface area (Å²) >= 11 is 0. The van der Waals surface area contributed by atoms with Gasteiger partial charge in [-0.05, 0) is 31.7 Å². The number of hydrogen-bond donors (Lipinski definition) is 1.